The van der Waals surface area contributed by atoms with E-state index in [2.05, 4.69) is 20.6 Å². The number of carbonyl (C=O) groups excluding carboxylic acids is 2. The van der Waals surface area contributed by atoms with Crippen LogP contribution in [-0.4, -0.2) is 37.2 Å². The predicted octanol–water partition coefficient (Wildman–Crippen LogP) is 2.91. The number of benzene rings is 2. The average molecular weight is 509 g/mol. The van der Waals surface area contributed by atoms with Gasteiger partial charge in [-0.3, -0.25) is 9.59 Å². The summed E-state index contributed by atoms with van der Waals surface area (Å²) in [6, 6.07) is 16.0. The minimum Gasteiger partial charge on any atom is -0.366 e. The number of carbonyl (C=O) groups is 2. The smallest absolute Gasteiger partial charge is 0.269 e. The summed E-state index contributed by atoms with van der Waals surface area (Å²) in [5.74, 6) is -0.872. The molecule has 2 aromatic carbocycles. The zero-order valence-electron chi connectivity index (χ0n) is 18.3. The van der Waals surface area contributed by atoms with E-state index in [1.54, 1.807) is 61.6 Å². The molecule has 2 aromatic heterocycles. The molecule has 0 aliphatic carbocycles. The number of primary amides is 1. The van der Waals surface area contributed by atoms with Gasteiger partial charge >= 0.3 is 0 Å². The first-order chi connectivity index (χ1) is 16.7. The summed E-state index contributed by atoms with van der Waals surface area (Å²) in [4.78, 5) is 33.7. The molecule has 0 spiro atoms. The van der Waals surface area contributed by atoms with Crippen molar-refractivity contribution < 1.29 is 18.0 Å². The van der Waals surface area contributed by atoms with E-state index >= 15 is 0 Å². The van der Waals surface area contributed by atoms with Gasteiger partial charge in [0.15, 0.2) is 5.13 Å². The number of hydrogen-bond acceptors (Lipinski definition) is 8. The Balaban J connectivity index is 1.69. The maximum atomic E-state index is 13.2. The number of aromatic nitrogens is 2. The topological polar surface area (TPSA) is 170 Å². The maximum absolute atomic E-state index is 13.2. The van der Waals surface area contributed by atoms with Gasteiger partial charge in [-0.15, -0.1) is 0 Å². The largest absolute Gasteiger partial charge is 0.366 e. The van der Waals surface area contributed by atoms with Crippen molar-refractivity contribution in [2.75, 3.05) is 17.7 Å². The Bertz CT molecular complexity index is 1550. The predicted molar refractivity (Wildman–Crippen MR) is 135 cm³/mol. The van der Waals surface area contributed by atoms with Crippen molar-refractivity contribution in [3.63, 3.8) is 0 Å². The van der Waals surface area contributed by atoms with Crippen LogP contribution in [0.3, 0.4) is 0 Å². The van der Waals surface area contributed by atoms with E-state index in [1.807, 2.05) is 0 Å². The number of rotatable bonds is 7. The van der Waals surface area contributed by atoms with Crippen LogP contribution in [0.15, 0.2) is 71.8 Å². The van der Waals surface area contributed by atoms with Crippen molar-refractivity contribution in [1.82, 2.24) is 9.97 Å². The van der Waals surface area contributed by atoms with E-state index in [1.165, 1.54) is 12.3 Å². The molecule has 0 aliphatic heterocycles. The molecule has 0 radical (unpaired) electrons. The molecule has 4 aromatic rings. The second kappa shape index (κ2) is 9.62. The summed E-state index contributed by atoms with van der Waals surface area (Å²) in [5.41, 5.74) is 7.49. The Kier molecular flexibility index (Phi) is 6.60. The molecular formula is C23H20N6O4S2. The van der Waals surface area contributed by atoms with Gasteiger partial charge in [0.1, 0.15) is 10.7 Å². The van der Waals surface area contributed by atoms with Gasteiger partial charge in [0.05, 0.1) is 10.6 Å². The zero-order chi connectivity index (χ0) is 25.2. The number of primary sulfonamides is 1. The Morgan fingerprint density at radius 3 is 2.49 bits per heavy atom. The third-order valence-electron chi connectivity index (χ3n) is 4.97. The summed E-state index contributed by atoms with van der Waals surface area (Å²) < 4.78 is 24.0. The van der Waals surface area contributed by atoms with E-state index in [9.17, 15) is 18.0 Å². The van der Waals surface area contributed by atoms with Gasteiger partial charge in [0.2, 0.25) is 15.9 Å². The SMILES string of the molecule is CNc1nc(-c2cccc(C(N)=O)c2)c(C(=O)Nc2cc(-c3ccccc3S(N)(=O)=O)ccn2)s1. The number of pyridine rings is 1. The quantitative estimate of drug-likeness (QED) is 0.297. The number of anilines is 2. The van der Waals surface area contributed by atoms with E-state index in [0.717, 1.165) is 11.3 Å². The van der Waals surface area contributed by atoms with Crippen molar-refractivity contribution >= 4 is 44.1 Å². The number of nitrogens with one attached hydrogen (secondary N) is 2. The summed E-state index contributed by atoms with van der Waals surface area (Å²) in [6.07, 6.45) is 1.45. The third kappa shape index (κ3) is 5.19. The van der Waals surface area contributed by atoms with Gasteiger partial charge in [-0.05, 0) is 35.9 Å². The lowest BCUT2D eigenvalue weighted by atomic mass is 10.1. The molecule has 12 heteroatoms. The average Bonchev–Trinajstić information content (AvgIpc) is 3.29. The minimum absolute atomic E-state index is 0.0405. The summed E-state index contributed by atoms with van der Waals surface area (Å²) in [6.45, 7) is 0. The summed E-state index contributed by atoms with van der Waals surface area (Å²) >= 11 is 1.13. The standard InChI is InChI=1S/C23H20N6O4S2/c1-26-23-29-19(14-5-4-6-15(11-14)21(24)30)20(34-23)22(31)28-18-12-13(9-10-27-18)16-7-2-3-8-17(16)35(25,32)33/h2-12H,1H3,(H2,24,30)(H,26,29)(H2,25,32,33)(H,27,28,31). The lowest BCUT2D eigenvalue weighted by Gasteiger charge is -2.10. The molecule has 10 nitrogen and oxygen atoms in total. The first-order valence-corrected chi connectivity index (χ1v) is 12.5. The van der Waals surface area contributed by atoms with Crippen LogP contribution in [0.25, 0.3) is 22.4 Å². The Morgan fingerprint density at radius 1 is 1.00 bits per heavy atom. The fraction of sp³-hybridized carbons (Fsp3) is 0.0435. The van der Waals surface area contributed by atoms with Gasteiger partial charge in [0, 0.05) is 29.9 Å². The normalized spacial score (nSPS) is 11.1. The van der Waals surface area contributed by atoms with Crippen LogP contribution in [0.2, 0.25) is 0 Å². The molecule has 0 fully saturated rings. The van der Waals surface area contributed by atoms with Crippen LogP contribution in [-0.2, 0) is 10.0 Å². The lowest BCUT2D eigenvalue weighted by molar-refractivity contribution is 0.0998. The number of amides is 2. The molecule has 2 heterocycles. The Hall–Kier alpha value is -4.13. The molecule has 0 aliphatic rings. The number of thiazole rings is 1. The first-order valence-electron chi connectivity index (χ1n) is 10.2. The van der Waals surface area contributed by atoms with Crippen LogP contribution in [0.5, 0.6) is 0 Å². The van der Waals surface area contributed by atoms with Crippen molar-refractivity contribution in [2.45, 2.75) is 4.90 Å². The molecule has 35 heavy (non-hydrogen) atoms. The van der Waals surface area contributed by atoms with E-state index in [0.29, 0.717) is 27.5 Å². The molecule has 6 N–H and O–H groups in total. The van der Waals surface area contributed by atoms with Crippen LogP contribution in [0, 0.1) is 0 Å². The van der Waals surface area contributed by atoms with Crippen molar-refractivity contribution in [1.29, 1.82) is 0 Å². The Labute approximate surface area is 205 Å². The lowest BCUT2D eigenvalue weighted by Crippen LogP contribution is -2.14. The van der Waals surface area contributed by atoms with E-state index in [-0.39, 0.29) is 21.2 Å². The molecule has 4 rings (SSSR count). The van der Waals surface area contributed by atoms with Crippen molar-refractivity contribution in [2.24, 2.45) is 10.9 Å². The van der Waals surface area contributed by atoms with Crippen LogP contribution < -0.4 is 21.5 Å². The number of sulfonamides is 1. The third-order valence-corrected chi connectivity index (χ3v) is 7.01. The molecule has 0 atom stereocenters. The van der Waals surface area contributed by atoms with Crippen LogP contribution in [0.4, 0.5) is 10.9 Å². The fourth-order valence-corrected chi connectivity index (χ4v) is 4.99. The molecule has 0 saturated heterocycles. The highest BCUT2D eigenvalue weighted by molar-refractivity contribution is 7.89. The molecule has 2 amide bonds. The van der Waals surface area contributed by atoms with E-state index in [4.69, 9.17) is 10.9 Å². The fourth-order valence-electron chi connectivity index (χ4n) is 3.39. The second-order valence-electron chi connectivity index (χ2n) is 7.32. The van der Waals surface area contributed by atoms with Gasteiger partial charge in [-0.1, -0.05) is 41.7 Å². The highest BCUT2D eigenvalue weighted by Gasteiger charge is 2.21. The van der Waals surface area contributed by atoms with E-state index < -0.39 is 21.8 Å². The van der Waals surface area contributed by atoms with Gasteiger partial charge in [-0.25, -0.2) is 23.5 Å². The molecule has 0 unspecified atom stereocenters. The zero-order valence-corrected chi connectivity index (χ0v) is 20.0. The highest BCUT2D eigenvalue weighted by atomic mass is 32.2. The van der Waals surface area contributed by atoms with Crippen LogP contribution in [0.1, 0.15) is 20.0 Å². The van der Waals surface area contributed by atoms with Crippen molar-refractivity contribution in [3.05, 3.63) is 77.3 Å². The molecular weight excluding hydrogens is 488 g/mol. The maximum Gasteiger partial charge on any atom is 0.269 e. The first kappa shape index (κ1) is 24.0. The minimum atomic E-state index is -3.96. The number of nitrogens with zero attached hydrogens (tertiary/aromatic N) is 2. The summed E-state index contributed by atoms with van der Waals surface area (Å²) in [5, 5.41) is 11.5. The number of hydrogen-bond donors (Lipinski definition) is 4. The Morgan fingerprint density at radius 2 is 1.77 bits per heavy atom. The summed E-state index contributed by atoms with van der Waals surface area (Å²) in [7, 11) is -2.28. The monoisotopic (exact) mass is 508 g/mol. The van der Waals surface area contributed by atoms with Gasteiger partial charge < -0.3 is 16.4 Å². The van der Waals surface area contributed by atoms with Gasteiger partial charge in [-0.2, -0.15) is 0 Å². The molecule has 0 saturated carbocycles. The molecule has 178 valence electrons. The molecule has 0 bridgehead atoms. The number of nitrogens with two attached hydrogens (primary N) is 2. The van der Waals surface area contributed by atoms with Gasteiger partial charge in [0.25, 0.3) is 5.91 Å². The van der Waals surface area contributed by atoms with Crippen molar-refractivity contribution in [3.8, 4) is 22.4 Å². The second-order valence-corrected chi connectivity index (χ2v) is 9.85. The highest BCUT2D eigenvalue weighted by Crippen LogP contribution is 2.33. The van der Waals surface area contributed by atoms with Crippen LogP contribution >= 0.6 is 11.3 Å².